The Labute approximate surface area is 145 Å². The predicted molar refractivity (Wildman–Crippen MR) is 97.3 cm³/mol. The van der Waals surface area contributed by atoms with Gasteiger partial charge in [-0.05, 0) is 31.2 Å². The van der Waals surface area contributed by atoms with Crippen LogP contribution in [-0.4, -0.2) is 27.7 Å². The zero-order chi connectivity index (χ0) is 17.6. The molecule has 0 amide bonds. The van der Waals surface area contributed by atoms with Crippen molar-refractivity contribution < 1.29 is 9.50 Å². The van der Waals surface area contributed by atoms with Gasteiger partial charge in [-0.25, -0.2) is 9.37 Å². The van der Waals surface area contributed by atoms with Crippen LogP contribution in [0.25, 0.3) is 11.3 Å². The third-order valence-corrected chi connectivity index (χ3v) is 3.56. The first-order chi connectivity index (χ1) is 12.1. The first-order valence-electron chi connectivity index (χ1n) is 7.98. The average Bonchev–Trinajstić information content (AvgIpc) is 2.64. The van der Waals surface area contributed by atoms with E-state index in [-0.39, 0.29) is 18.5 Å². The van der Waals surface area contributed by atoms with Gasteiger partial charge in [0.15, 0.2) is 0 Å². The smallest absolute Gasteiger partial charge is 0.225 e. The first kappa shape index (κ1) is 16.9. The molecule has 0 fully saturated rings. The molecule has 0 spiro atoms. The van der Waals surface area contributed by atoms with Crippen molar-refractivity contribution in [2.24, 2.45) is 0 Å². The topological polar surface area (TPSA) is 70.1 Å². The summed E-state index contributed by atoms with van der Waals surface area (Å²) in [5, 5.41) is 15.5. The van der Waals surface area contributed by atoms with Gasteiger partial charge in [0.25, 0.3) is 0 Å². The lowest BCUT2D eigenvalue weighted by molar-refractivity contribution is 0.281. The van der Waals surface area contributed by atoms with Crippen molar-refractivity contribution in [2.75, 3.05) is 17.2 Å². The van der Waals surface area contributed by atoms with E-state index in [4.69, 9.17) is 0 Å². The fourth-order valence-electron chi connectivity index (χ4n) is 2.28. The van der Waals surface area contributed by atoms with Crippen LogP contribution in [0.5, 0.6) is 0 Å². The van der Waals surface area contributed by atoms with E-state index in [1.165, 1.54) is 12.1 Å². The van der Waals surface area contributed by atoms with Gasteiger partial charge in [0.2, 0.25) is 5.95 Å². The molecule has 3 rings (SSSR count). The van der Waals surface area contributed by atoms with Crippen molar-refractivity contribution >= 4 is 17.5 Å². The van der Waals surface area contributed by atoms with Gasteiger partial charge in [0.05, 0.1) is 12.3 Å². The molecule has 5 nitrogen and oxygen atoms in total. The summed E-state index contributed by atoms with van der Waals surface area (Å²) in [5.41, 5.74) is 2.42. The Bertz CT molecular complexity index is 825. The third-order valence-electron chi connectivity index (χ3n) is 3.56. The van der Waals surface area contributed by atoms with Crippen molar-refractivity contribution in [1.29, 1.82) is 0 Å². The van der Waals surface area contributed by atoms with E-state index in [1.54, 1.807) is 12.1 Å². The van der Waals surface area contributed by atoms with E-state index >= 15 is 0 Å². The molecular formula is C19H19FN4O. The molecule has 25 heavy (non-hydrogen) atoms. The SMILES string of the molecule is C[C@@H](CO)Nc1nc(Nc2ccc(F)cc2)cc(-c2ccccc2)n1. The molecule has 0 saturated carbocycles. The van der Waals surface area contributed by atoms with Crippen LogP contribution in [0.3, 0.4) is 0 Å². The van der Waals surface area contributed by atoms with Gasteiger partial charge in [0, 0.05) is 23.4 Å². The normalized spacial score (nSPS) is 11.8. The molecule has 3 N–H and O–H groups in total. The van der Waals surface area contributed by atoms with Crippen LogP contribution >= 0.6 is 0 Å². The fourth-order valence-corrected chi connectivity index (χ4v) is 2.28. The molecule has 3 aromatic rings. The van der Waals surface area contributed by atoms with Gasteiger partial charge in [-0.15, -0.1) is 0 Å². The summed E-state index contributed by atoms with van der Waals surface area (Å²) in [4.78, 5) is 8.94. The highest BCUT2D eigenvalue weighted by Crippen LogP contribution is 2.24. The standard InChI is InChI=1S/C19H19FN4O/c1-13(12-25)21-19-23-17(14-5-3-2-4-6-14)11-18(24-19)22-16-9-7-15(20)8-10-16/h2-11,13,25H,12H2,1H3,(H2,21,22,23,24)/t13-/m0/s1. The maximum Gasteiger partial charge on any atom is 0.225 e. The molecule has 128 valence electrons. The number of hydrogen-bond donors (Lipinski definition) is 3. The van der Waals surface area contributed by atoms with E-state index in [1.807, 2.05) is 43.3 Å². The van der Waals surface area contributed by atoms with Crippen molar-refractivity contribution in [2.45, 2.75) is 13.0 Å². The van der Waals surface area contributed by atoms with E-state index in [0.29, 0.717) is 11.8 Å². The van der Waals surface area contributed by atoms with E-state index in [0.717, 1.165) is 16.9 Å². The molecule has 1 atom stereocenters. The highest BCUT2D eigenvalue weighted by molar-refractivity contribution is 5.67. The minimum atomic E-state index is -0.294. The number of benzene rings is 2. The largest absolute Gasteiger partial charge is 0.394 e. The van der Waals surface area contributed by atoms with Gasteiger partial charge < -0.3 is 15.7 Å². The molecular weight excluding hydrogens is 319 g/mol. The Balaban J connectivity index is 1.95. The molecule has 0 aliphatic carbocycles. The van der Waals surface area contributed by atoms with Crippen LogP contribution in [-0.2, 0) is 0 Å². The molecule has 0 bridgehead atoms. The first-order valence-corrected chi connectivity index (χ1v) is 7.98. The number of halogens is 1. The van der Waals surface area contributed by atoms with Crippen molar-refractivity contribution in [3.05, 3.63) is 66.5 Å². The number of aliphatic hydroxyl groups excluding tert-OH is 1. The van der Waals surface area contributed by atoms with E-state index in [9.17, 15) is 9.50 Å². The summed E-state index contributed by atoms with van der Waals surface area (Å²) in [7, 11) is 0. The molecule has 6 heteroatoms. The fraction of sp³-hybridized carbons (Fsp3) is 0.158. The van der Waals surface area contributed by atoms with E-state index < -0.39 is 0 Å². The summed E-state index contributed by atoms with van der Waals surface area (Å²) in [6, 6.07) is 17.4. The average molecular weight is 338 g/mol. The second-order valence-electron chi connectivity index (χ2n) is 5.69. The van der Waals surface area contributed by atoms with Gasteiger partial charge in [-0.3, -0.25) is 0 Å². The lowest BCUT2D eigenvalue weighted by atomic mass is 10.1. The second-order valence-corrected chi connectivity index (χ2v) is 5.69. The molecule has 0 saturated heterocycles. The van der Waals surface area contributed by atoms with Crippen molar-refractivity contribution in [3.63, 3.8) is 0 Å². The van der Waals surface area contributed by atoms with Crippen molar-refractivity contribution in [3.8, 4) is 11.3 Å². The second kappa shape index (κ2) is 7.72. The number of hydrogen-bond acceptors (Lipinski definition) is 5. The minimum Gasteiger partial charge on any atom is -0.394 e. The summed E-state index contributed by atoms with van der Waals surface area (Å²) in [6.07, 6.45) is 0. The zero-order valence-corrected chi connectivity index (χ0v) is 13.8. The summed E-state index contributed by atoms with van der Waals surface area (Å²) in [5.74, 6) is 0.693. The molecule has 0 aliphatic rings. The van der Waals surface area contributed by atoms with Crippen LogP contribution in [0.4, 0.5) is 21.8 Å². The monoisotopic (exact) mass is 338 g/mol. The summed E-state index contributed by atoms with van der Waals surface area (Å²) >= 11 is 0. The molecule has 1 aromatic heterocycles. The van der Waals surface area contributed by atoms with Crippen LogP contribution in [0.15, 0.2) is 60.7 Å². The number of aromatic nitrogens is 2. The van der Waals surface area contributed by atoms with Crippen LogP contribution < -0.4 is 10.6 Å². The van der Waals surface area contributed by atoms with Crippen LogP contribution in [0.1, 0.15) is 6.92 Å². The van der Waals surface area contributed by atoms with Gasteiger partial charge in [0.1, 0.15) is 11.6 Å². The Morgan fingerprint density at radius 1 is 1.04 bits per heavy atom. The Morgan fingerprint density at radius 2 is 1.76 bits per heavy atom. The number of anilines is 3. The number of nitrogens with one attached hydrogen (secondary N) is 2. The van der Waals surface area contributed by atoms with Crippen LogP contribution in [0, 0.1) is 5.82 Å². The minimum absolute atomic E-state index is 0.0281. The lowest BCUT2D eigenvalue weighted by Gasteiger charge is -2.14. The quantitative estimate of drug-likeness (QED) is 0.637. The number of rotatable bonds is 6. The molecule has 0 radical (unpaired) electrons. The summed E-state index contributed by atoms with van der Waals surface area (Å²) < 4.78 is 13.1. The molecule has 0 aliphatic heterocycles. The maximum absolute atomic E-state index is 13.1. The Kier molecular flexibility index (Phi) is 5.20. The summed E-state index contributed by atoms with van der Waals surface area (Å²) in [6.45, 7) is 1.81. The maximum atomic E-state index is 13.1. The molecule has 0 unspecified atom stereocenters. The third kappa shape index (κ3) is 4.51. The van der Waals surface area contributed by atoms with E-state index in [2.05, 4.69) is 20.6 Å². The van der Waals surface area contributed by atoms with Crippen LogP contribution in [0.2, 0.25) is 0 Å². The Morgan fingerprint density at radius 3 is 2.44 bits per heavy atom. The lowest BCUT2D eigenvalue weighted by Crippen LogP contribution is -2.21. The highest BCUT2D eigenvalue weighted by atomic mass is 19.1. The van der Waals surface area contributed by atoms with Gasteiger partial charge in [-0.1, -0.05) is 30.3 Å². The zero-order valence-electron chi connectivity index (χ0n) is 13.8. The number of aliphatic hydroxyl groups is 1. The molecule has 2 aromatic carbocycles. The highest BCUT2D eigenvalue weighted by Gasteiger charge is 2.09. The van der Waals surface area contributed by atoms with Gasteiger partial charge in [-0.2, -0.15) is 4.98 Å². The predicted octanol–water partition coefficient (Wildman–Crippen LogP) is 3.82. The molecule has 1 heterocycles. The number of nitrogens with zero attached hydrogens (tertiary/aromatic N) is 2. The van der Waals surface area contributed by atoms with Gasteiger partial charge >= 0.3 is 0 Å². The Hall–Kier alpha value is -2.99. The van der Waals surface area contributed by atoms with Crippen molar-refractivity contribution in [1.82, 2.24) is 9.97 Å².